The molecule has 0 atom stereocenters. The first kappa shape index (κ1) is 15.9. The average molecular weight is 305 g/mol. The summed E-state index contributed by atoms with van der Waals surface area (Å²) < 4.78 is 22.6. The van der Waals surface area contributed by atoms with Crippen LogP contribution in [0.4, 0.5) is 0 Å². The Bertz CT molecular complexity index is 591. The van der Waals surface area contributed by atoms with Crippen LogP contribution >= 0.6 is 11.6 Å². The van der Waals surface area contributed by atoms with E-state index < -0.39 is 10.0 Å². The number of carbonyl (C=O) groups is 1. The van der Waals surface area contributed by atoms with Crippen LogP contribution < -0.4 is 10.5 Å². The van der Waals surface area contributed by atoms with Gasteiger partial charge in [-0.3, -0.25) is 4.79 Å². The monoisotopic (exact) mass is 304 g/mol. The van der Waals surface area contributed by atoms with Crippen molar-refractivity contribution in [3.05, 3.63) is 28.8 Å². The highest BCUT2D eigenvalue weighted by Crippen LogP contribution is 2.21. The summed E-state index contributed by atoms with van der Waals surface area (Å²) in [6, 6.07) is 3.97. The van der Waals surface area contributed by atoms with Crippen LogP contribution in [0.1, 0.15) is 31.1 Å². The van der Waals surface area contributed by atoms with Gasteiger partial charge in [-0.25, -0.2) is 13.6 Å². The summed E-state index contributed by atoms with van der Waals surface area (Å²) in [5.74, 6) is -0.364. The topological polar surface area (TPSA) is 89.3 Å². The molecule has 7 heteroatoms. The number of halogens is 1. The lowest BCUT2D eigenvalue weighted by Crippen LogP contribution is -2.32. The van der Waals surface area contributed by atoms with E-state index in [4.69, 9.17) is 16.7 Å². The summed E-state index contributed by atoms with van der Waals surface area (Å²) in [7, 11) is -3.94. The fourth-order valence-corrected chi connectivity index (χ4v) is 2.38. The molecule has 106 valence electrons. The third kappa shape index (κ3) is 4.81. The van der Waals surface area contributed by atoms with E-state index >= 15 is 0 Å². The molecule has 3 N–H and O–H groups in total. The zero-order chi connectivity index (χ0) is 14.8. The fraction of sp³-hybridized carbons (Fsp3) is 0.417. The number of hydrogen-bond donors (Lipinski definition) is 2. The molecule has 0 aliphatic rings. The van der Waals surface area contributed by atoms with Gasteiger partial charge in [0.05, 0.1) is 5.02 Å². The zero-order valence-electron chi connectivity index (χ0n) is 11.0. The largest absolute Gasteiger partial charge is 0.352 e. The molecule has 5 nitrogen and oxygen atoms in total. The van der Waals surface area contributed by atoms with Gasteiger partial charge in [0.2, 0.25) is 10.0 Å². The lowest BCUT2D eigenvalue weighted by Gasteiger charge is -2.18. The predicted octanol–water partition coefficient (Wildman–Crippen LogP) is 1.76. The van der Waals surface area contributed by atoms with Gasteiger partial charge in [-0.1, -0.05) is 32.4 Å². The van der Waals surface area contributed by atoms with E-state index in [2.05, 4.69) is 5.32 Å². The molecule has 0 unspecified atom stereocenters. The molecule has 1 rings (SSSR count). The van der Waals surface area contributed by atoms with Gasteiger partial charge in [0.15, 0.2) is 0 Å². The molecule has 0 heterocycles. The maximum atomic E-state index is 11.9. The van der Waals surface area contributed by atoms with Crippen LogP contribution in [0.15, 0.2) is 23.1 Å². The van der Waals surface area contributed by atoms with Crippen molar-refractivity contribution in [1.29, 1.82) is 0 Å². The van der Waals surface area contributed by atoms with Gasteiger partial charge in [-0.2, -0.15) is 0 Å². The first-order chi connectivity index (χ1) is 8.50. The van der Waals surface area contributed by atoms with Crippen LogP contribution in [-0.2, 0) is 10.0 Å². The number of nitrogens with one attached hydrogen (secondary N) is 1. The minimum Gasteiger partial charge on any atom is -0.352 e. The molecule has 0 aliphatic heterocycles. The lowest BCUT2D eigenvalue weighted by molar-refractivity contribution is 0.0939. The van der Waals surface area contributed by atoms with Gasteiger partial charge in [-0.15, -0.1) is 0 Å². The predicted molar refractivity (Wildman–Crippen MR) is 74.6 cm³/mol. The zero-order valence-corrected chi connectivity index (χ0v) is 12.6. The van der Waals surface area contributed by atoms with Crippen molar-refractivity contribution in [2.45, 2.75) is 25.7 Å². The van der Waals surface area contributed by atoms with Gasteiger partial charge < -0.3 is 5.32 Å². The Balaban J connectivity index is 3.00. The number of amides is 1. The van der Waals surface area contributed by atoms with E-state index in [-0.39, 0.29) is 26.8 Å². The van der Waals surface area contributed by atoms with Crippen molar-refractivity contribution < 1.29 is 13.2 Å². The maximum absolute atomic E-state index is 11.9. The number of rotatable bonds is 3. The number of carbonyl (C=O) groups excluding carboxylic acids is 1. The van der Waals surface area contributed by atoms with E-state index in [0.29, 0.717) is 6.54 Å². The summed E-state index contributed by atoms with van der Waals surface area (Å²) in [6.45, 7) is 6.40. The van der Waals surface area contributed by atoms with Crippen molar-refractivity contribution in [2.24, 2.45) is 10.6 Å². The van der Waals surface area contributed by atoms with Crippen LogP contribution in [0.5, 0.6) is 0 Å². The number of hydrogen-bond acceptors (Lipinski definition) is 3. The fourth-order valence-electron chi connectivity index (χ4n) is 1.31. The number of nitrogens with two attached hydrogens (primary N) is 1. The van der Waals surface area contributed by atoms with Gasteiger partial charge in [0, 0.05) is 12.1 Å². The smallest absolute Gasteiger partial charge is 0.251 e. The highest BCUT2D eigenvalue weighted by molar-refractivity contribution is 7.89. The molecular formula is C12H17ClN2O3S. The number of primary sulfonamides is 1. The number of benzene rings is 1. The Morgan fingerprint density at radius 2 is 1.95 bits per heavy atom. The van der Waals surface area contributed by atoms with Crippen LogP contribution in [-0.4, -0.2) is 20.9 Å². The Hall–Kier alpha value is -1.11. The molecule has 0 bridgehead atoms. The molecule has 0 aromatic heterocycles. The average Bonchev–Trinajstić information content (AvgIpc) is 2.24. The molecule has 1 aromatic carbocycles. The van der Waals surface area contributed by atoms with E-state index in [1.807, 2.05) is 20.8 Å². The summed E-state index contributed by atoms with van der Waals surface area (Å²) in [6.07, 6.45) is 0. The Morgan fingerprint density at radius 3 is 2.42 bits per heavy atom. The molecule has 1 aromatic rings. The summed E-state index contributed by atoms with van der Waals surface area (Å²) >= 11 is 5.74. The molecule has 0 saturated heterocycles. The van der Waals surface area contributed by atoms with Gasteiger partial charge >= 0.3 is 0 Å². The third-order valence-electron chi connectivity index (χ3n) is 2.28. The molecule has 0 fully saturated rings. The summed E-state index contributed by atoms with van der Waals surface area (Å²) in [5, 5.41) is 7.74. The molecule has 1 amide bonds. The van der Waals surface area contributed by atoms with Gasteiger partial charge in [-0.05, 0) is 23.6 Å². The second kappa shape index (κ2) is 5.48. The van der Waals surface area contributed by atoms with E-state index in [1.165, 1.54) is 18.2 Å². The Morgan fingerprint density at radius 1 is 1.37 bits per heavy atom. The first-order valence-corrected chi connectivity index (χ1v) is 7.54. The van der Waals surface area contributed by atoms with Gasteiger partial charge in [0.1, 0.15) is 4.90 Å². The summed E-state index contributed by atoms with van der Waals surface area (Å²) in [4.78, 5) is 11.6. The second-order valence-corrected chi connectivity index (χ2v) is 7.37. The molecule has 0 aliphatic carbocycles. The molecule has 0 saturated carbocycles. The van der Waals surface area contributed by atoms with Crippen LogP contribution in [0.3, 0.4) is 0 Å². The SMILES string of the molecule is CC(C)(C)CNC(=O)c1ccc(Cl)c(S(N)(=O)=O)c1. The Labute approximate surface area is 118 Å². The van der Waals surface area contributed by atoms with Crippen molar-refractivity contribution in [1.82, 2.24) is 5.32 Å². The lowest BCUT2D eigenvalue weighted by atomic mass is 9.97. The van der Waals surface area contributed by atoms with Gasteiger partial charge in [0.25, 0.3) is 5.91 Å². The highest BCUT2D eigenvalue weighted by atomic mass is 35.5. The minimum atomic E-state index is -3.94. The standard InChI is InChI=1S/C12H17ClN2O3S/c1-12(2,3)7-15-11(16)8-4-5-9(13)10(6-8)19(14,17)18/h4-6H,7H2,1-3H3,(H,15,16)(H2,14,17,18). The molecule has 0 radical (unpaired) electrons. The molecular weight excluding hydrogens is 288 g/mol. The maximum Gasteiger partial charge on any atom is 0.251 e. The van der Waals surface area contributed by atoms with E-state index in [0.717, 1.165) is 0 Å². The molecule has 19 heavy (non-hydrogen) atoms. The van der Waals surface area contributed by atoms with Crippen molar-refractivity contribution in [2.75, 3.05) is 6.54 Å². The van der Waals surface area contributed by atoms with E-state index in [1.54, 1.807) is 0 Å². The quantitative estimate of drug-likeness (QED) is 0.891. The van der Waals surface area contributed by atoms with E-state index in [9.17, 15) is 13.2 Å². The molecule has 0 spiro atoms. The third-order valence-corrected chi connectivity index (χ3v) is 3.67. The van der Waals surface area contributed by atoms with Crippen LogP contribution in [0.25, 0.3) is 0 Å². The minimum absolute atomic E-state index is 0.00475. The normalized spacial score (nSPS) is 12.3. The van der Waals surface area contributed by atoms with Crippen molar-refractivity contribution >= 4 is 27.5 Å². The van der Waals surface area contributed by atoms with Crippen LogP contribution in [0.2, 0.25) is 5.02 Å². The van der Waals surface area contributed by atoms with Crippen molar-refractivity contribution in [3.63, 3.8) is 0 Å². The first-order valence-electron chi connectivity index (χ1n) is 5.61. The Kier molecular flexibility index (Phi) is 4.60. The highest BCUT2D eigenvalue weighted by Gasteiger charge is 2.17. The summed E-state index contributed by atoms with van der Waals surface area (Å²) in [5.41, 5.74) is 0.142. The van der Waals surface area contributed by atoms with Crippen molar-refractivity contribution in [3.8, 4) is 0 Å². The van der Waals surface area contributed by atoms with Crippen LogP contribution in [0, 0.1) is 5.41 Å². The number of sulfonamides is 1. The second-order valence-electron chi connectivity index (χ2n) is 5.43.